The second kappa shape index (κ2) is 8.17. The van der Waals surface area contributed by atoms with Crippen molar-refractivity contribution in [2.45, 2.75) is 31.8 Å². The van der Waals surface area contributed by atoms with Crippen LogP contribution in [0.2, 0.25) is 0 Å². The highest BCUT2D eigenvalue weighted by atomic mass is 32.1. The van der Waals surface area contributed by atoms with Gasteiger partial charge in [0.15, 0.2) is 0 Å². The molecule has 1 aromatic carbocycles. The van der Waals surface area contributed by atoms with E-state index in [0.29, 0.717) is 6.54 Å². The van der Waals surface area contributed by atoms with E-state index >= 15 is 0 Å². The van der Waals surface area contributed by atoms with E-state index in [1.165, 1.54) is 0 Å². The minimum atomic E-state index is -0.585. The van der Waals surface area contributed by atoms with Crippen molar-refractivity contribution in [2.75, 3.05) is 13.2 Å². The average Bonchev–Trinajstić information content (AvgIpc) is 3.03. The monoisotopic (exact) mass is 305 g/mol. The second-order valence-corrected chi connectivity index (χ2v) is 6.05. The molecule has 0 bridgehead atoms. The Balaban J connectivity index is 2.03. The van der Waals surface area contributed by atoms with Crippen LogP contribution < -0.4 is 10.5 Å². The molecule has 0 amide bonds. The molecular formula is C17H23NO2S. The Morgan fingerprint density at radius 3 is 2.57 bits per heavy atom. The Kier molecular flexibility index (Phi) is 6.23. The average molecular weight is 305 g/mol. The fourth-order valence-corrected chi connectivity index (χ4v) is 3.10. The Morgan fingerprint density at radius 1 is 1.24 bits per heavy atom. The first-order valence-corrected chi connectivity index (χ1v) is 8.28. The number of ether oxygens (including phenoxy) is 1. The second-order valence-electron chi connectivity index (χ2n) is 5.07. The number of nitrogens with two attached hydrogens (primary N) is 1. The lowest BCUT2D eigenvalue weighted by Crippen LogP contribution is -2.19. The lowest BCUT2D eigenvalue weighted by molar-refractivity contribution is 0.148. The fraction of sp³-hybridized carbons (Fsp3) is 0.412. The third-order valence-electron chi connectivity index (χ3n) is 3.53. The molecule has 3 N–H and O–H groups in total. The molecule has 2 unspecified atom stereocenters. The van der Waals surface area contributed by atoms with Gasteiger partial charge in [-0.15, -0.1) is 11.3 Å². The molecule has 21 heavy (non-hydrogen) atoms. The van der Waals surface area contributed by atoms with Crippen molar-refractivity contribution in [2.24, 2.45) is 5.73 Å². The highest BCUT2D eigenvalue weighted by Gasteiger charge is 2.22. The van der Waals surface area contributed by atoms with Crippen LogP contribution in [-0.4, -0.2) is 18.3 Å². The Hall–Kier alpha value is -1.36. The van der Waals surface area contributed by atoms with Crippen LogP contribution in [0.4, 0.5) is 0 Å². The molecule has 4 heteroatoms. The van der Waals surface area contributed by atoms with Crippen LogP contribution in [0.25, 0.3) is 0 Å². The maximum absolute atomic E-state index is 10.5. The van der Waals surface area contributed by atoms with Gasteiger partial charge in [-0.25, -0.2) is 0 Å². The van der Waals surface area contributed by atoms with E-state index in [4.69, 9.17) is 10.5 Å². The van der Waals surface area contributed by atoms with Crippen molar-refractivity contribution in [1.82, 2.24) is 0 Å². The van der Waals surface area contributed by atoms with Crippen molar-refractivity contribution in [1.29, 1.82) is 0 Å². The number of hydrogen-bond acceptors (Lipinski definition) is 4. The molecule has 0 radical (unpaired) electrons. The number of benzene rings is 1. The minimum absolute atomic E-state index is 0.0585. The van der Waals surface area contributed by atoms with Crippen LogP contribution in [0.3, 0.4) is 0 Å². The van der Waals surface area contributed by atoms with Crippen LogP contribution in [0, 0.1) is 0 Å². The summed E-state index contributed by atoms with van der Waals surface area (Å²) in [6.07, 6.45) is 1.59. The van der Waals surface area contributed by atoms with Crippen molar-refractivity contribution in [3.63, 3.8) is 0 Å². The summed E-state index contributed by atoms with van der Waals surface area (Å²) in [5.41, 5.74) is 6.71. The molecule has 0 spiro atoms. The largest absolute Gasteiger partial charge is 0.494 e. The number of aliphatic hydroxyl groups is 1. The number of rotatable bonds is 8. The van der Waals surface area contributed by atoms with E-state index in [9.17, 15) is 5.11 Å². The molecule has 0 aliphatic rings. The van der Waals surface area contributed by atoms with Gasteiger partial charge in [-0.2, -0.15) is 0 Å². The molecule has 1 heterocycles. The van der Waals surface area contributed by atoms with E-state index < -0.39 is 6.10 Å². The zero-order valence-electron chi connectivity index (χ0n) is 12.4. The molecule has 3 nitrogen and oxygen atoms in total. The van der Waals surface area contributed by atoms with Crippen molar-refractivity contribution in [3.05, 3.63) is 52.2 Å². The third kappa shape index (κ3) is 4.30. The molecule has 0 saturated carbocycles. The van der Waals surface area contributed by atoms with Gasteiger partial charge >= 0.3 is 0 Å². The smallest absolute Gasteiger partial charge is 0.119 e. The molecule has 0 fully saturated rings. The van der Waals surface area contributed by atoms with E-state index in [1.54, 1.807) is 11.3 Å². The van der Waals surface area contributed by atoms with Crippen LogP contribution in [-0.2, 0) is 0 Å². The first kappa shape index (κ1) is 16.0. The van der Waals surface area contributed by atoms with Crippen LogP contribution in [0.5, 0.6) is 5.75 Å². The van der Waals surface area contributed by atoms with Crippen molar-refractivity contribution < 1.29 is 9.84 Å². The topological polar surface area (TPSA) is 55.5 Å². The van der Waals surface area contributed by atoms with Gasteiger partial charge in [-0.05, 0) is 35.6 Å². The maximum atomic E-state index is 10.5. The molecule has 0 saturated heterocycles. The van der Waals surface area contributed by atoms with Crippen LogP contribution in [0.15, 0.2) is 41.8 Å². The minimum Gasteiger partial charge on any atom is -0.494 e. The van der Waals surface area contributed by atoms with Gasteiger partial charge in [0.2, 0.25) is 0 Å². The standard InChI is InChI=1S/C17H23NO2S/c1-2-3-10-20-14-8-6-13(7-9-14)17(19)15(12-18)16-5-4-11-21-16/h4-9,11,15,17,19H,2-3,10,12,18H2,1H3. The Bertz CT molecular complexity index is 510. The van der Waals surface area contributed by atoms with Crippen LogP contribution >= 0.6 is 11.3 Å². The van der Waals surface area contributed by atoms with E-state index in [2.05, 4.69) is 6.92 Å². The maximum Gasteiger partial charge on any atom is 0.119 e. The predicted molar refractivity (Wildman–Crippen MR) is 87.9 cm³/mol. The molecule has 0 aliphatic heterocycles. The lowest BCUT2D eigenvalue weighted by Gasteiger charge is -2.21. The van der Waals surface area contributed by atoms with Gasteiger partial charge in [0.05, 0.1) is 12.7 Å². The van der Waals surface area contributed by atoms with Crippen molar-refractivity contribution in [3.8, 4) is 5.75 Å². The van der Waals surface area contributed by atoms with Gasteiger partial charge < -0.3 is 15.6 Å². The van der Waals surface area contributed by atoms with E-state index in [1.807, 2.05) is 41.8 Å². The summed E-state index contributed by atoms with van der Waals surface area (Å²) in [5.74, 6) is 0.789. The van der Waals surface area contributed by atoms with E-state index in [-0.39, 0.29) is 5.92 Å². The normalized spacial score (nSPS) is 13.9. The summed E-state index contributed by atoms with van der Waals surface area (Å²) in [5, 5.41) is 12.6. The Labute approximate surface area is 130 Å². The molecule has 2 atom stereocenters. The van der Waals surface area contributed by atoms with Crippen molar-refractivity contribution >= 4 is 11.3 Å². The first-order valence-electron chi connectivity index (χ1n) is 7.40. The quantitative estimate of drug-likeness (QED) is 0.731. The number of thiophene rings is 1. The Morgan fingerprint density at radius 2 is 2.00 bits per heavy atom. The van der Waals surface area contributed by atoms with E-state index in [0.717, 1.165) is 35.6 Å². The number of unbranched alkanes of at least 4 members (excludes halogenated alkanes) is 1. The summed E-state index contributed by atoms with van der Waals surface area (Å²) in [7, 11) is 0. The summed E-state index contributed by atoms with van der Waals surface area (Å²) in [4.78, 5) is 1.12. The van der Waals surface area contributed by atoms with Gasteiger partial charge in [-0.1, -0.05) is 31.5 Å². The fourth-order valence-electron chi connectivity index (χ4n) is 2.23. The van der Waals surface area contributed by atoms with Crippen LogP contribution in [0.1, 0.15) is 42.2 Å². The summed E-state index contributed by atoms with van der Waals surface area (Å²) in [6, 6.07) is 11.7. The highest BCUT2D eigenvalue weighted by molar-refractivity contribution is 7.10. The zero-order chi connectivity index (χ0) is 15.1. The molecular weight excluding hydrogens is 282 g/mol. The molecule has 1 aromatic heterocycles. The summed E-state index contributed by atoms with van der Waals surface area (Å²) >= 11 is 1.63. The summed E-state index contributed by atoms with van der Waals surface area (Å²) in [6.45, 7) is 3.30. The molecule has 0 aliphatic carbocycles. The zero-order valence-corrected chi connectivity index (χ0v) is 13.2. The van der Waals surface area contributed by atoms with Gasteiger partial charge in [-0.3, -0.25) is 0 Å². The summed E-state index contributed by atoms with van der Waals surface area (Å²) < 4.78 is 5.64. The third-order valence-corrected chi connectivity index (χ3v) is 4.54. The van der Waals surface area contributed by atoms with Gasteiger partial charge in [0, 0.05) is 17.3 Å². The number of hydrogen-bond donors (Lipinski definition) is 2. The molecule has 2 rings (SSSR count). The van der Waals surface area contributed by atoms with Gasteiger partial charge in [0.1, 0.15) is 5.75 Å². The molecule has 114 valence electrons. The first-order chi connectivity index (χ1) is 10.3. The van der Waals surface area contributed by atoms with Gasteiger partial charge in [0.25, 0.3) is 0 Å². The lowest BCUT2D eigenvalue weighted by atomic mass is 9.94. The predicted octanol–water partition coefficient (Wildman–Crippen LogP) is 3.70. The molecule has 2 aromatic rings. The SMILES string of the molecule is CCCCOc1ccc(C(O)C(CN)c2cccs2)cc1. The highest BCUT2D eigenvalue weighted by Crippen LogP contribution is 2.33. The number of aliphatic hydroxyl groups excluding tert-OH is 1.